The van der Waals surface area contributed by atoms with Crippen LogP contribution in [0.15, 0.2) is 78.0 Å². The van der Waals surface area contributed by atoms with Gasteiger partial charge >= 0.3 is 0 Å². The maximum Gasteiger partial charge on any atom is 0.255 e. The number of fused-ring (bicyclic) bond motifs is 1. The molecule has 0 aliphatic carbocycles. The molecule has 0 spiro atoms. The highest BCUT2D eigenvalue weighted by molar-refractivity contribution is 6.42. The fraction of sp³-hybridized carbons (Fsp3) is 0.115. The maximum atomic E-state index is 13.7. The van der Waals surface area contributed by atoms with Gasteiger partial charge in [-0.05, 0) is 49.4 Å². The van der Waals surface area contributed by atoms with Crippen LogP contribution in [0.3, 0.4) is 0 Å². The molecule has 1 unspecified atom stereocenters. The molecule has 1 atom stereocenters. The highest BCUT2D eigenvalue weighted by Gasteiger charge is 2.36. The number of nitrogens with one attached hydrogen (secondary N) is 2. The number of para-hydroxylation sites is 2. The second-order valence-electron chi connectivity index (χ2n) is 8.07. The minimum absolute atomic E-state index is 0.330. The van der Waals surface area contributed by atoms with Crippen LogP contribution >= 0.6 is 34.8 Å². The van der Waals surface area contributed by atoms with E-state index in [1.54, 1.807) is 48.2 Å². The summed E-state index contributed by atoms with van der Waals surface area (Å²) in [7, 11) is 1.55. The van der Waals surface area contributed by atoms with Crippen molar-refractivity contribution in [2.24, 2.45) is 0 Å². The summed E-state index contributed by atoms with van der Waals surface area (Å²) in [5, 5.41) is 12.2. The molecule has 3 aromatic carbocycles. The molecule has 2 heterocycles. The summed E-state index contributed by atoms with van der Waals surface area (Å²) < 4.78 is 7.05. The zero-order valence-electron chi connectivity index (χ0n) is 19.2. The van der Waals surface area contributed by atoms with E-state index in [0.717, 1.165) is 5.56 Å². The van der Waals surface area contributed by atoms with E-state index in [0.29, 0.717) is 55.1 Å². The van der Waals surface area contributed by atoms with Gasteiger partial charge in [-0.1, -0.05) is 59.1 Å². The van der Waals surface area contributed by atoms with Crippen molar-refractivity contribution in [2.45, 2.75) is 13.0 Å². The van der Waals surface area contributed by atoms with E-state index >= 15 is 0 Å². The quantitative estimate of drug-likeness (QED) is 0.290. The molecule has 182 valence electrons. The van der Waals surface area contributed by atoms with Gasteiger partial charge in [0.2, 0.25) is 5.95 Å². The molecule has 1 amide bonds. The van der Waals surface area contributed by atoms with E-state index in [1.807, 2.05) is 37.3 Å². The van der Waals surface area contributed by atoms with Crippen molar-refractivity contribution in [2.75, 3.05) is 17.7 Å². The van der Waals surface area contributed by atoms with Gasteiger partial charge in [0.25, 0.3) is 5.91 Å². The SMILES string of the molecule is COc1ccccc1NC(=O)C1=C(C)Nc2nc(-c3ccc(Cl)cc3)nn2C1c1cccc(Cl)c1Cl. The molecular formula is C26H20Cl3N5O2. The number of carbonyl (C=O) groups is 1. The van der Waals surface area contributed by atoms with Gasteiger partial charge < -0.3 is 15.4 Å². The third kappa shape index (κ3) is 4.41. The van der Waals surface area contributed by atoms with Crippen LogP contribution in [0.5, 0.6) is 5.75 Å². The van der Waals surface area contributed by atoms with Crippen molar-refractivity contribution in [1.82, 2.24) is 14.8 Å². The number of hydrogen-bond acceptors (Lipinski definition) is 5. The molecule has 0 saturated heterocycles. The Hall–Kier alpha value is -3.52. The second kappa shape index (κ2) is 9.85. The highest BCUT2D eigenvalue weighted by Crippen LogP contribution is 2.41. The molecule has 7 nitrogen and oxygen atoms in total. The Balaban J connectivity index is 1.63. The van der Waals surface area contributed by atoms with Gasteiger partial charge in [0.15, 0.2) is 5.82 Å². The number of ether oxygens (including phenoxy) is 1. The average molecular weight is 541 g/mol. The van der Waals surface area contributed by atoms with Gasteiger partial charge in [-0.15, -0.1) is 5.10 Å². The normalized spacial score (nSPS) is 14.8. The maximum absolute atomic E-state index is 13.7. The number of halogens is 3. The molecule has 1 aliphatic rings. The number of benzene rings is 3. The van der Waals surface area contributed by atoms with Gasteiger partial charge in [0.05, 0.1) is 28.4 Å². The van der Waals surface area contributed by atoms with Crippen LogP contribution in [0, 0.1) is 0 Å². The van der Waals surface area contributed by atoms with E-state index in [4.69, 9.17) is 44.6 Å². The van der Waals surface area contributed by atoms with Crippen LogP contribution in [0.1, 0.15) is 18.5 Å². The van der Waals surface area contributed by atoms with E-state index in [-0.39, 0.29) is 5.91 Å². The van der Waals surface area contributed by atoms with Gasteiger partial charge in [0.1, 0.15) is 11.8 Å². The molecule has 2 N–H and O–H groups in total. The Morgan fingerprint density at radius 3 is 2.53 bits per heavy atom. The monoisotopic (exact) mass is 539 g/mol. The Morgan fingerprint density at radius 2 is 1.78 bits per heavy atom. The minimum Gasteiger partial charge on any atom is -0.495 e. The summed E-state index contributed by atoms with van der Waals surface area (Å²) >= 11 is 19.1. The number of hydrogen-bond donors (Lipinski definition) is 2. The first-order valence-corrected chi connectivity index (χ1v) is 12.1. The summed E-state index contributed by atoms with van der Waals surface area (Å²) in [5.41, 5.74) is 2.93. The molecular weight excluding hydrogens is 521 g/mol. The minimum atomic E-state index is -0.698. The van der Waals surface area contributed by atoms with Crippen molar-refractivity contribution < 1.29 is 9.53 Å². The van der Waals surface area contributed by atoms with E-state index < -0.39 is 6.04 Å². The molecule has 1 aliphatic heterocycles. The molecule has 4 aromatic rings. The van der Waals surface area contributed by atoms with Crippen molar-refractivity contribution in [3.8, 4) is 17.1 Å². The Bertz CT molecular complexity index is 1500. The molecule has 0 bridgehead atoms. The zero-order chi connectivity index (χ0) is 25.4. The van der Waals surface area contributed by atoms with Crippen LogP contribution in [0.25, 0.3) is 11.4 Å². The van der Waals surface area contributed by atoms with Crippen LogP contribution < -0.4 is 15.4 Å². The van der Waals surface area contributed by atoms with Crippen molar-refractivity contribution in [3.63, 3.8) is 0 Å². The number of aromatic nitrogens is 3. The molecule has 0 saturated carbocycles. The lowest BCUT2D eigenvalue weighted by atomic mass is 9.95. The number of anilines is 2. The summed E-state index contributed by atoms with van der Waals surface area (Å²) in [6.07, 6.45) is 0. The summed E-state index contributed by atoms with van der Waals surface area (Å²) in [5.74, 6) is 1.13. The number of amides is 1. The van der Waals surface area contributed by atoms with Crippen LogP contribution in [0.4, 0.5) is 11.6 Å². The van der Waals surface area contributed by atoms with E-state index in [9.17, 15) is 4.79 Å². The summed E-state index contributed by atoms with van der Waals surface area (Å²) in [4.78, 5) is 18.4. The standard InChI is InChI=1S/C26H20Cl3N5O2/c1-14-21(25(35)31-19-8-3-4-9-20(19)36-2)23(17-6-5-7-18(28)22(17)29)34-26(30-14)32-24(33-34)15-10-12-16(27)13-11-15/h3-13,23H,1-2H3,(H,31,35)(H,30,32,33). The predicted molar refractivity (Wildman–Crippen MR) is 143 cm³/mol. The van der Waals surface area contributed by atoms with Crippen LogP contribution in [-0.4, -0.2) is 27.8 Å². The van der Waals surface area contributed by atoms with Gasteiger partial charge in [-0.25, -0.2) is 4.68 Å². The van der Waals surface area contributed by atoms with E-state index in [1.165, 1.54) is 0 Å². The molecule has 1 aromatic heterocycles. The molecule has 0 fully saturated rings. The number of allylic oxidation sites excluding steroid dienone is 1. The first kappa shape index (κ1) is 24.2. The van der Waals surface area contributed by atoms with Gasteiger partial charge in [-0.2, -0.15) is 4.98 Å². The molecule has 10 heteroatoms. The number of nitrogens with zero attached hydrogens (tertiary/aromatic N) is 3. The lowest BCUT2D eigenvalue weighted by Crippen LogP contribution is -2.31. The first-order chi connectivity index (χ1) is 17.4. The smallest absolute Gasteiger partial charge is 0.255 e. The predicted octanol–water partition coefficient (Wildman–Crippen LogP) is 6.84. The number of methoxy groups -OCH3 is 1. The highest BCUT2D eigenvalue weighted by atomic mass is 35.5. The molecule has 5 rings (SSSR count). The summed E-state index contributed by atoms with van der Waals surface area (Å²) in [6, 6.07) is 19.0. The van der Waals surface area contributed by atoms with Gasteiger partial charge in [-0.3, -0.25) is 4.79 Å². The fourth-order valence-corrected chi connectivity index (χ4v) is 4.66. The summed E-state index contributed by atoms with van der Waals surface area (Å²) in [6.45, 7) is 1.81. The lowest BCUT2D eigenvalue weighted by Gasteiger charge is -2.29. The Labute approximate surface area is 222 Å². The van der Waals surface area contributed by atoms with Gasteiger partial charge in [0, 0.05) is 21.8 Å². The lowest BCUT2D eigenvalue weighted by molar-refractivity contribution is -0.113. The number of carbonyl (C=O) groups excluding carboxylic acids is 1. The molecule has 0 radical (unpaired) electrons. The third-order valence-electron chi connectivity index (χ3n) is 5.83. The topological polar surface area (TPSA) is 81.1 Å². The second-order valence-corrected chi connectivity index (χ2v) is 9.30. The first-order valence-electron chi connectivity index (χ1n) is 11.0. The van der Waals surface area contributed by atoms with Crippen molar-refractivity contribution in [1.29, 1.82) is 0 Å². The van der Waals surface area contributed by atoms with Crippen LogP contribution in [-0.2, 0) is 4.79 Å². The third-order valence-corrected chi connectivity index (χ3v) is 6.92. The van der Waals surface area contributed by atoms with Crippen molar-refractivity contribution in [3.05, 3.63) is 98.6 Å². The zero-order valence-corrected chi connectivity index (χ0v) is 21.5. The average Bonchev–Trinajstić information content (AvgIpc) is 3.29. The largest absolute Gasteiger partial charge is 0.495 e. The number of rotatable bonds is 5. The molecule has 36 heavy (non-hydrogen) atoms. The fourth-order valence-electron chi connectivity index (χ4n) is 4.12. The van der Waals surface area contributed by atoms with Crippen molar-refractivity contribution >= 4 is 52.3 Å². The Morgan fingerprint density at radius 1 is 1.03 bits per heavy atom. The van der Waals surface area contributed by atoms with E-state index in [2.05, 4.69) is 15.6 Å². The Kier molecular flexibility index (Phi) is 6.62. The van der Waals surface area contributed by atoms with Crippen LogP contribution in [0.2, 0.25) is 15.1 Å².